The quantitative estimate of drug-likeness (QED) is 0.815. The first kappa shape index (κ1) is 20.0. The molecule has 0 atom stereocenters. The van der Waals surface area contributed by atoms with E-state index in [0.717, 1.165) is 12.1 Å². The number of rotatable bonds is 6. The van der Waals surface area contributed by atoms with Crippen LogP contribution in [0.4, 0.5) is 20.2 Å². The zero-order chi connectivity index (χ0) is 20.0. The lowest BCUT2D eigenvalue weighted by Crippen LogP contribution is -2.37. The molecule has 0 aliphatic carbocycles. The van der Waals surface area contributed by atoms with Crippen LogP contribution in [0.3, 0.4) is 0 Å². The van der Waals surface area contributed by atoms with Crippen LogP contribution in [-0.4, -0.2) is 30.8 Å². The Balaban J connectivity index is 1.98. The maximum Gasteiger partial charge on any atom is 0.251 e. The predicted octanol–water partition coefficient (Wildman–Crippen LogP) is 2.71. The van der Waals surface area contributed by atoms with Crippen molar-refractivity contribution in [1.82, 2.24) is 5.32 Å². The molecular weight excluding hydrogens is 356 g/mol. The van der Waals surface area contributed by atoms with Crippen LogP contribution >= 0.6 is 0 Å². The Bertz CT molecular complexity index is 854. The lowest BCUT2D eigenvalue weighted by Gasteiger charge is -2.21. The van der Waals surface area contributed by atoms with E-state index in [1.54, 1.807) is 24.3 Å². The maximum atomic E-state index is 13.2. The lowest BCUT2D eigenvalue weighted by atomic mass is 10.2. The van der Waals surface area contributed by atoms with Crippen LogP contribution in [0.5, 0.6) is 0 Å². The fourth-order valence-electron chi connectivity index (χ4n) is 2.42. The molecule has 2 aromatic rings. The second kappa shape index (κ2) is 8.88. The number of nitrogens with one attached hydrogen (secondary N) is 2. The van der Waals surface area contributed by atoms with Crippen LogP contribution in [0.1, 0.15) is 24.2 Å². The minimum absolute atomic E-state index is 0.0112. The fourth-order valence-corrected chi connectivity index (χ4v) is 2.42. The molecule has 0 fully saturated rings. The first-order valence-corrected chi connectivity index (χ1v) is 8.17. The van der Waals surface area contributed by atoms with Gasteiger partial charge in [0.25, 0.3) is 5.91 Å². The van der Waals surface area contributed by atoms with Gasteiger partial charge in [0.15, 0.2) is 11.6 Å². The second-order valence-electron chi connectivity index (χ2n) is 5.78. The number of carbonyl (C=O) groups excluding carboxylic acids is 3. The predicted molar refractivity (Wildman–Crippen MR) is 97.5 cm³/mol. The number of anilines is 2. The van der Waals surface area contributed by atoms with Gasteiger partial charge in [0.05, 0.1) is 0 Å². The van der Waals surface area contributed by atoms with E-state index in [4.69, 9.17) is 0 Å². The van der Waals surface area contributed by atoms with Gasteiger partial charge >= 0.3 is 0 Å². The largest absolute Gasteiger partial charge is 0.350 e. The highest BCUT2D eigenvalue weighted by molar-refractivity contribution is 5.95. The van der Waals surface area contributed by atoms with Gasteiger partial charge in [-0.3, -0.25) is 14.4 Å². The Kier molecular flexibility index (Phi) is 6.59. The fraction of sp³-hybridized carbons (Fsp3) is 0.211. The van der Waals surface area contributed by atoms with Crippen LogP contribution in [0.2, 0.25) is 0 Å². The Hall–Kier alpha value is -3.29. The van der Waals surface area contributed by atoms with E-state index < -0.39 is 17.5 Å². The third-order valence-electron chi connectivity index (χ3n) is 3.68. The van der Waals surface area contributed by atoms with Gasteiger partial charge < -0.3 is 15.5 Å². The SMILES string of the molecule is CC(=O)Nc1ccc(N(CCNC(=O)c2ccc(F)c(F)c2)C(C)=O)cc1. The van der Waals surface area contributed by atoms with E-state index in [0.29, 0.717) is 11.4 Å². The molecule has 0 unspecified atom stereocenters. The van der Waals surface area contributed by atoms with E-state index in [-0.39, 0.29) is 30.5 Å². The van der Waals surface area contributed by atoms with Crippen molar-refractivity contribution in [3.05, 3.63) is 59.7 Å². The van der Waals surface area contributed by atoms with E-state index >= 15 is 0 Å². The lowest BCUT2D eigenvalue weighted by molar-refractivity contribution is -0.116. The summed E-state index contributed by atoms with van der Waals surface area (Å²) in [7, 11) is 0. The Morgan fingerprint density at radius 1 is 0.963 bits per heavy atom. The number of nitrogens with zero attached hydrogens (tertiary/aromatic N) is 1. The van der Waals surface area contributed by atoms with E-state index in [2.05, 4.69) is 10.6 Å². The molecule has 0 heterocycles. The third kappa shape index (κ3) is 5.60. The summed E-state index contributed by atoms with van der Waals surface area (Å²) in [4.78, 5) is 36.4. The molecule has 2 aromatic carbocycles. The summed E-state index contributed by atoms with van der Waals surface area (Å²) in [6.45, 7) is 3.08. The third-order valence-corrected chi connectivity index (χ3v) is 3.68. The maximum absolute atomic E-state index is 13.2. The molecule has 27 heavy (non-hydrogen) atoms. The Labute approximate surface area is 155 Å². The van der Waals surface area contributed by atoms with Crippen molar-refractivity contribution < 1.29 is 23.2 Å². The van der Waals surface area contributed by atoms with Gasteiger partial charge in [-0.25, -0.2) is 8.78 Å². The van der Waals surface area contributed by atoms with Crippen molar-refractivity contribution in [3.8, 4) is 0 Å². The molecule has 0 saturated carbocycles. The molecule has 3 amide bonds. The monoisotopic (exact) mass is 375 g/mol. The molecule has 2 N–H and O–H groups in total. The number of carbonyl (C=O) groups is 3. The number of halogens is 2. The molecule has 0 bridgehead atoms. The second-order valence-corrected chi connectivity index (χ2v) is 5.78. The van der Waals surface area contributed by atoms with Gasteiger partial charge in [0.1, 0.15) is 0 Å². The zero-order valence-electron chi connectivity index (χ0n) is 14.9. The van der Waals surface area contributed by atoms with Gasteiger partial charge in [-0.2, -0.15) is 0 Å². The topological polar surface area (TPSA) is 78.5 Å². The van der Waals surface area contributed by atoms with Gasteiger partial charge in [0.2, 0.25) is 11.8 Å². The summed E-state index contributed by atoms with van der Waals surface area (Å²) in [6, 6.07) is 9.53. The van der Waals surface area contributed by atoms with Crippen molar-refractivity contribution in [2.24, 2.45) is 0 Å². The molecule has 0 spiro atoms. The molecular formula is C19H19F2N3O3. The molecule has 0 aromatic heterocycles. The van der Waals surface area contributed by atoms with E-state index in [1.165, 1.54) is 24.8 Å². The Morgan fingerprint density at radius 2 is 1.63 bits per heavy atom. The van der Waals surface area contributed by atoms with Gasteiger partial charge in [-0.15, -0.1) is 0 Å². The highest BCUT2D eigenvalue weighted by atomic mass is 19.2. The Morgan fingerprint density at radius 3 is 2.19 bits per heavy atom. The van der Waals surface area contributed by atoms with Gasteiger partial charge in [-0.1, -0.05) is 0 Å². The normalized spacial score (nSPS) is 10.2. The number of hydrogen-bond acceptors (Lipinski definition) is 3. The van der Waals surface area contributed by atoms with Gasteiger partial charge in [0, 0.05) is 43.9 Å². The standard InChI is InChI=1S/C19H19F2N3O3/c1-12(25)23-15-4-6-16(7-5-15)24(13(2)26)10-9-22-19(27)14-3-8-17(20)18(21)11-14/h3-8,11H,9-10H2,1-2H3,(H,22,27)(H,23,25). The molecule has 0 aliphatic rings. The van der Waals surface area contributed by atoms with Crippen molar-refractivity contribution in [3.63, 3.8) is 0 Å². The zero-order valence-corrected chi connectivity index (χ0v) is 14.9. The van der Waals surface area contributed by atoms with Crippen LogP contribution in [0.25, 0.3) is 0 Å². The molecule has 142 valence electrons. The summed E-state index contributed by atoms with van der Waals surface area (Å²) in [6.07, 6.45) is 0. The minimum atomic E-state index is -1.10. The average Bonchev–Trinajstić information content (AvgIpc) is 2.61. The molecule has 2 rings (SSSR count). The number of benzene rings is 2. The van der Waals surface area contributed by atoms with Crippen LogP contribution < -0.4 is 15.5 Å². The summed E-state index contributed by atoms with van der Waals surface area (Å²) < 4.78 is 26.1. The first-order chi connectivity index (χ1) is 12.8. The van der Waals surface area contributed by atoms with Crippen molar-refractivity contribution >= 4 is 29.1 Å². The van der Waals surface area contributed by atoms with Crippen LogP contribution in [0.15, 0.2) is 42.5 Å². The van der Waals surface area contributed by atoms with E-state index in [9.17, 15) is 23.2 Å². The number of amides is 3. The summed E-state index contributed by atoms with van der Waals surface area (Å²) in [5.74, 6) is -3.14. The first-order valence-electron chi connectivity index (χ1n) is 8.17. The summed E-state index contributed by atoms with van der Waals surface area (Å²) >= 11 is 0. The number of hydrogen-bond donors (Lipinski definition) is 2. The van der Waals surface area contributed by atoms with Crippen molar-refractivity contribution in [1.29, 1.82) is 0 Å². The smallest absolute Gasteiger partial charge is 0.251 e. The van der Waals surface area contributed by atoms with E-state index in [1.807, 2.05) is 0 Å². The molecule has 0 aliphatic heterocycles. The molecule has 8 heteroatoms. The molecule has 0 saturated heterocycles. The van der Waals surface area contributed by atoms with Crippen LogP contribution in [-0.2, 0) is 9.59 Å². The minimum Gasteiger partial charge on any atom is -0.350 e. The summed E-state index contributed by atoms with van der Waals surface area (Å²) in [5.41, 5.74) is 1.18. The highest BCUT2D eigenvalue weighted by Crippen LogP contribution is 2.18. The van der Waals surface area contributed by atoms with Gasteiger partial charge in [-0.05, 0) is 42.5 Å². The average molecular weight is 375 g/mol. The van der Waals surface area contributed by atoms with Crippen LogP contribution in [0, 0.1) is 11.6 Å². The highest BCUT2D eigenvalue weighted by Gasteiger charge is 2.13. The van der Waals surface area contributed by atoms with Crippen molar-refractivity contribution in [2.45, 2.75) is 13.8 Å². The molecule has 6 nitrogen and oxygen atoms in total. The molecule has 0 radical (unpaired) electrons. The van der Waals surface area contributed by atoms with Crippen molar-refractivity contribution in [2.75, 3.05) is 23.3 Å². The summed E-state index contributed by atoms with van der Waals surface area (Å²) in [5, 5.41) is 5.19.